The maximum absolute atomic E-state index is 13.0. The monoisotopic (exact) mass is 335 g/mol. The summed E-state index contributed by atoms with van der Waals surface area (Å²) >= 11 is 1.41. The molecule has 1 atom stereocenters. The van der Waals surface area contributed by atoms with E-state index in [4.69, 9.17) is 4.52 Å². The Morgan fingerprint density at radius 1 is 1.39 bits per heavy atom. The standard InChI is InChI=1S/C15H21N5O2S/c1-4-16-15-17-9(2)12(23-15)14(21)20-8-6-5-7-11(20)13-18-10(3)19-22-13/h11H,4-8H2,1-3H3,(H,16,17)/t11-/m0/s1. The molecule has 1 aliphatic rings. The largest absolute Gasteiger partial charge is 0.362 e. The smallest absolute Gasteiger partial charge is 0.266 e. The predicted molar refractivity (Wildman–Crippen MR) is 87.7 cm³/mol. The first-order chi connectivity index (χ1) is 11.1. The Kier molecular flexibility index (Phi) is 4.61. The summed E-state index contributed by atoms with van der Waals surface area (Å²) in [6.45, 7) is 7.17. The number of aromatic nitrogens is 3. The van der Waals surface area contributed by atoms with E-state index < -0.39 is 0 Å². The third-order valence-electron chi connectivity index (χ3n) is 3.91. The number of carbonyl (C=O) groups is 1. The lowest BCUT2D eigenvalue weighted by atomic mass is 10.0. The van der Waals surface area contributed by atoms with Crippen LogP contribution >= 0.6 is 11.3 Å². The Morgan fingerprint density at radius 2 is 2.22 bits per heavy atom. The van der Waals surface area contributed by atoms with E-state index in [2.05, 4.69) is 20.4 Å². The van der Waals surface area contributed by atoms with Gasteiger partial charge in [-0.3, -0.25) is 4.79 Å². The number of anilines is 1. The summed E-state index contributed by atoms with van der Waals surface area (Å²) in [7, 11) is 0. The van der Waals surface area contributed by atoms with Gasteiger partial charge in [-0.05, 0) is 40.0 Å². The minimum absolute atomic E-state index is 0.00436. The molecule has 23 heavy (non-hydrogen) atoms. The summed E-state index contributed by atoms with van der Waals surface area (Å²) in [5.41, 5.74) is 0.766. The summed E-state index contributed by atoms with van der Waals surface area (Å²) < 4.78 is 5.31. The van der Waals surface area contributed by atoms with Crippen LogP contribution in [-0.4, -0.2) is 39.0 Å². The van der Waals surface area contributed by atoms with E-state index in [1.807, 2.05) is 18.7 Å². The number of hydrogen-bond acceptors (Lipinski definition) is 7. The predicted octanol–water partition coefficient (Wildman–Crippen LogP) is 2.94. The molecule has 2 aromatic rings. The van der Waals surface area contributed by atoms with Crippen LogP contribution in [0.5, 0.6) is 0 Å². The van der Waals surface area contributed by atoms with Crippen LogP contribution in [0.1, 0.15) is 59.3 Å². The first kappa shape index (κ1) is 15.9. The molecule has 0 aromatic carbocycles. The van der Waals surface area contributed by atoms with Crippen molar-refractivity contribution in [1.82, 2.24) is 20.0 Å². The molecule has 1 aliphatic heterocycles. The molecule has 0 spiro atoms. The van der Waals surface area contributed by atoms with Crippen LogP contribution in [0.15, 0.2) is 4.52 Å². The van der Waals surface area contributed by atoms with Crippen LogP contribution in [0, 0.1) is 13.8 Å². The Hall–Kier alpha value is -1.96. The average Bonchev–Trinajstić information content (AvgIpc) is 3.13. The van der Waals surface area contributed by atoms with E-state index in [1.165, 1.54) is 11.3 Å². The van der Waals surface area contributed by atoms with Crippen molar-refractivity contribution < 1.29 is 9.32 Å². The fourth-order valence-corrected chi connectivity index (χ4v) is 3.82. The van der Waals surface area contributed by atoms with Gasteiger partial charge < -0.3 is 14.7 Å². The molecule has 0 bridgehead atoms. The summed E-state index contributed by atoms with van der Waals surface area (Å²) in [6.07, 6.45) is 2.90. The van der Waals surface area contributed by atoms with Gasteiger partial charge in [0.05, 0.1) is 5.69 Å². The van der Waals surface area contributed by atoms with Gasteiger partial charge in [0, 0.05) is 13.1 Å². The van der Waals surface area contributed by atoms with E-state index in [9.17, 15) is 4.79 Å². The highest BCUT2D eigenvalue weighted by Crippen LogP contribution is 2.33. The molecule has 0 saturated carbocycles. The SMILES string of the molecule is CCNc1nc(C)c(C(=O)N2CCCC[C@H]2c2nc(C)no2)s1. The fourth-order valence-electron chi connectivity index (χ4n) is 2.83. The van der Waals surface area contributed by atoms with Crippen LogP contribution in [-0.2, 0) is 0 Å². The molecule has 0 unspecified atom stereocenters. The van der Waals surface area contributed by atoms with E-state index in [0.29, 0.717) is 23.1 Å². The lowest BCUT2D eigenvalue weighted by Crippen LogP contribution is -2.38. The van der Waals surface area contributed by atoms with Gasteiger partial charge >= 0.3 is 0 Å². The second-order valence-corrected chi connectivity index (χ2v) is 6.65. The van der Waals surface area contributed by atoms with Crippen LogP contribution in [0.4, 0.5) is 5.13 Å². The number of rotatable bonds is 4. The molecular weight excluding hydrogens is 314 g/mol. The van der Waals surface area contributed by atoms with Crippen molar-refractivity contribution in [2.45, 2.75) is 46.1 Å². The lowest BCUT2D eigenvalue weighted by Gasteiger charge is -2.33. The van der Waals surface area contributed by atoms with Gasteiger partial charge in [0.25, 0.3) is 5.91 Å². The fraction of sp³-hybridized carbons (Fsp3) is 0.600. The molecule has 8 heteroatoms. The van der Waals surface area contributed by atoms with Crippen molar-refractivity contribution >= 4 is 22.4 Å². The van der Waals surface area contributed by atoms with E-state index in [-0.39, 0.29) is 11.9 Å². The molecule has 124 valence electrons. The number of aryl methyl sites for hydroxylation is 2. The number of carbonyl (C=O) groups excluding carboxylic acids is 1. The quantitative estimate of drug-likeness (QED) is 0.925. The molecule has 1 amide bonds. The molecule has 0 aliphatic carbocycles. The highest BCUT2D eigenvalue weighted by Gasteiger charge is 2.34. The van der Waals surface area contributed by atoms with Crippen molar-refractivity contribution in [1.29, 1.82) is 0 Å². The van der Waals surface area contributed by atoms with Crippen molar-refractivity contribution in [3.05, 3.63) is 22.3 Å². The summed E-state index contributed by atoms with van der Waals surface area (Å²) in [5.74, 6) is 1.13. The first-order valence-corrected chi connectivity index (χ1v) is 8.74. The molecule has 1 fully saturated rings. The van der Waals surface area contributed by atoms with Gasteiger partial charge in [0.15, 0.2) is 11.0 Å². The van der Waals surface area contributed by atoms with Crippen molar-refractivity contribution in [2.75, 3.05) is 18.4 Å². The van der Waals surface area contributed by atoms with Crippen molar-refractivity contribution in [2.24, 2.45) is 0 Å². The molecule has 0 radical (unpaired) electrons. The molecule has 3 heterocycles. The van der Waals surface area contributed by atoms with Crippen LogP contribution in [0.2, 0.25) is 0 Å². The zero-order valence-electron chi connectivity index (χ0n) is 13.6. The van der Waals surface area contributed by atoms with E-state index in [1.54, 1.807) is 6.92 Å². The Morgan fingerprint density at radius 3 is 2.91 bits per heavy atom. The number of amides is 1. The maximum Gasteiger partial charge on any atom is 0.266 e. The number of likely N-dealkylation sites (tertiary alicyclic amines) is 1. The molecule has 7 nitrogen and oxygen atoms in total. The number of piperidine rings is 1. The molecule has 3 rings (SSSR count). The molecule has 1 N–H and O–H groups in total. The molecule has 1 saturated heterocycles. The minimum atomic E-state index is -0.137. The Labute approximate surface area is 139 Å². The van der Waals surface area contributed by atoms with Gasteiger partial charge in [-0.2, -0.15) is 4.98 Å². The zero-order chi connectivity index (χ0) is 16.4. The van der Waals surface area contributed by atoms with Crippen LogP contribution in [0.3, 0.4) is 0 Å². The van der Waals surface area contributed by atoms with Crippen molar-refractivity contribution in [3.8, 4) is 0 Å². The normalized spacial score (nSPS) is 18.2. The lowest BCUT2D eigenvalue weighted by molar-refractivity contribution is 0.0565. The third kappa shape index (κ3) is 3.21. The topological polar surface area (TPSA) is 84.2 Å². The summed E-state index contributed by atoms with van der Waals surface area (Å²) in [6, 6.07) is -0.137. The van der Waals surface area contributed by atoms with Gasteiger partial charge in [-0.1, -0.05) is 16.5 Å². The van der Waals surface area contributed by atoms with Gasteiger partial charge in [0.1, 0.15) is 10.9 Å². The Bertz CT molecular complexity index is 696. The van der Waals surface area contributed by atoms with Crippen LogP contribution in [0.25, 0.3) is 0 Å². The number of nitrogens with one attached hydrogen (secondary N) is 1. The maximum atomic E-state index is 13.0. The summed E-state index contributed by atoms with van der Waals surface area (Å²) in [5, 5.41) is 7.82. The minimum Gasteiger partial charge on any atom is -0.362 e. The second kappa shape index (κ2) is 6.66. The van der Waals surface area contributed by atoms with E-state index in [0.717, 1.165) is 36.6 Å². The van der Waals surface area contributed by atoms with Crippen molar-refractivity contribution in [3.63, 3.8) is 0 Å². The van der Waals surface area contributed by atoms with Gasteiger partial charge in [-0.25, -0.2) is 4.98 Å². The van der Waals surface area contributed by atoms with Gasteiger partial charge in [-0.15, -0.1) is 0 Å². The molecular formula is C15H21N5O2S. The number of thiazole rings is 1. The highest BCUT2D eigenvalue weighted by molar-refractivity contribution is 7.17. The van der Waals surface area contributed by atoms with Crippen LogP contribution < -0.4 is 5.32 Å². The highest BCUT2D eigenvalue weighted by atomic mass is 32.1. The Balaban J connectivity index is 1.86. The summed E-state index contributed by atoms with van der Waals surface area (Å²) in [4.78, 5) is 24.3. The van der Waals surface area contributed by atoms with Gasteiger partial charge in [0.2, 0.25) is 5.89 Å². The third-order valence-corrected chi connectivity index (χ3v) is 5.01. The van der Waals surface area contributed by atoms with E-state index >= 15 is 0 Å². The number of nitrogens with zero attached hydrogens (tertiary/aromatic N) is 4. The average molecular weight is 335 g/mol. The second-order valence-electron chi connectivity index (χ2n) is 5.65. The first-order valence-electron chi connectivity index (χ1n) is 7.92. The zero-order valence-corrected chi connectivity index (χ0v) is 14.4. The number of hydrogen-bond donors (Lipinski definition) is 1. The molecule has 2 aromatic heterocycles.